The molecule has 6 nitrogen and oxygen atoms in total. The summed E-state index contributed by atoms with van der Waals surface area (Å²) in [6, 6.07) is 3.70. The van der Waals surface area contributed by atoms with Crippen LogP contribution in [0.2, 0.25) is 0 Å². The van der Waals surface area contributed by atoms with E-state index in [9.17, 15) is 9.59 Å². The maximum atomic E-state index is 12.4. The van der Waals surface area contributed by atoms with Gasteiger partial charge in [0.2, 0.25) is 0 Å². The summed E-state index contributed by atoms with van der Waals surface area (Å²) in [7, 11) is 3.50. The van der Waals surface area contributed by atoms with Gasteiger partial charge in [0.05, 0.1) is 0 Å². The van der Waals surface area contributed by atoms with Gasteiger partial charge < -0.3 is 19.5 Å². The second-order valence-corrected chi connectivity index (χ2v) is 7.09. The van der Waals surface area contributed by atoms with E-state index in [0.29, 0.717) is 5.92 Å². The fourth-order valence-corrected chi connectivity index (χ4v) is 3.64. The van der Waals surface area contributed by atoms with Crippen LogP contribution in [0.5, 0.6) is 0 Å². The standard InChI is InChI=1S/C18H27N3O3/c1-20(2)18(23)19-15-4-5-16-14(11-15)3-6-17(22)21(16)12-13-7-9-24-10-8-13/h3,6,13,15H,4-5,7-12H2,1-2H3,(H,19,23)/t15-/m1/s1. The average molecular weight is 333 g/mol. The highest BCUT2D eigenvalue weighted by Gasteiger charge is 2.24. The fraction of sp³-hybridized carbons (Fsp3) is 0.667. The quantitative estimate of drug-likeness (QED) is 0.909. The minimum atomic E-state index is -0.0565. The van der Waals surface area contributed by atoms with Gasteiger partial charge in [-0.3, -0.25) is 4.79 Å². The van der Waals surface area contributed by atoms with Crippen molar-refractivity contribution < 1.29 is 9.53 Å². The highest BCUT2D eigenvalue weighted by Crippen LogP contribution is 2.23. The molecule has 0 aromatic carbocycles. The van der Waals surface area contributed by atoms with Crippen molar-refractivity contribution in [2.24, 2.45) is 5.92 Å². The number of pyridine rings is 1. The highest BCUT2D eigenvalue weighted by molar-refractivity contribution is 5.73. The second-order valence-electron chi connectivity index (χ2n) is 7.09. The number of aromatic nitrogens is 1. The molecule has 0 bridgehead atoms. The molecule has 1 aliphatic carbocycles. The van der Waals surface area contributed by atoms with E-state index in [1.54, 1.807) is 25.1 Å². The SMILES string of the molecule is CN(C)C(=O)N[C@@H]1CCc2c(ccc(=O)n2CC2CCOCC2)C1. The third-order valence-electron chi connectivity index (χ3n) is 5.10. The van der Waals surface area contributed by atoms with Crippen LogP contribution in [0.1, 0.15) is 30.5 Å². The number of nitrogens with one attached hydrogen (secondary N) is 1. The van der Waals surface area contributed by atoms with Crippen LogP contribution in [0.3, 0.4) is 0 Å². The van der Waals surface area contributed by atoms with Gasteiger partial charge in [-0.25, -0.2) is 4.79 Å². The van der Waals surface area contributed by atoms with Gasteiger partial charge >= 0.3 is 6.03 Å². The number of rotatable bonds is 3. The molecule has 1 N–H and O–H groups in total. The van der Waals surface area contributed by atoms with Crippen LogP contribution in [-0.2, 0) is 24.1 Å². The molecule has 2 amide bonds. The number of nitrogens with zero attached hydrogens (tertiary/aromatic N) is 2. The van der Waals surface area contributed by atoms with Crippen molar-refractivity contribution >= 4 is 6.03 Å². The summed E-state index contributed by atoms with van der Waals surface area (Å²) < 4.78 is 7.39. The molecule has 0 saturated carbocycles. The highest BCUT2D eigenvalue weighted by atomic mass is 16.5. The minimum Gasteiger partial charge on any atom is -0.381 e. The maximum Gasteiger partial charge on any atom is 0.317 e. The van der Waals surface area contributed by atoms with Gasteiger partial charge in [-0.05, 0) is 43.6 Å². The monoisotopic (exact) mass is 333 g/mol. The van der Waals surface area contributed by atoms with Gasteiger partial charge in [-0.2, -0.15) is 0 Å². The molecule has 132 valence electrons. The zero-order chi connectivity index (χ0) is 17.1. The number of fused-ring (bicyclic) bond motifs is 1. The van der Waals surface area contributed by atoms with Crippen molar-refractivity contribution in [1.29, 1.82) is 0 Å². The van der Waals surface area contributed by atoms with Gasteiger partial charge in [0, 0.05) is 51.7 Å². The molecule has 2 heterocycles. The van der Waals surface area contributed by atoms with E-state index in [-0.39, 0.29) is 17.6 Å². The molecule has 1 aromatic heterocycles. The summed E-state index contributed by atoms with van der Waals surface area (Å²) in [6.07, 6.45) is 4.56. The predicted molar refractivity (Wildman–Crippen MR) is 92.3 cm³/mol. The molecule has 1 aliphatic heterocycles. The first-order valence-corrected chi connectivity index (χ1v) is 8.81. The van der Waals surface area contributed by atoms with Gasteiger partial charge in [-0.1, -0.05) is 6.07 Å². The third-order valence-corrected chi connectivity index (χ3v) is 5.10. The molecular formula is C18H27N3O3. The molecule has 0 radical (unpaired) electrons. The molecule has 6 heteroatoms. The molecule has 2 aliphatic rings. The van der Waals surface area contributed by atoms with Crippen LogP contribution in [0, 0.1) is 5.92 Å². The number of urea groups is 1. The number of carbonyl (C=O) groups excluding carboxylic acids is 1. The molecule has 1 fully saturated rings. The number of ether oxygens (including phenoxy) is 1. The molecule has 3 rings (SSSR count). The van der Waals surface area contributed by atoms with Gasteiger partial charge in [0.25, 0.3) is 5.56 Å². The van der Waals surface area contributed by atoms with E-state index >= 15 is 0 Å². The van der Waals surface area contributed by atoms with Crippen LogP contribution >= 0.6 is 0 Å². The molecule has 24 heavy (non-hydrogen) atoms. The lowest BCUT2D eigenvalue weighted by atomic mass is 9.90. The van der Waals surface area contributed by atoms with Crippen LogP contribution in [0.25, 0.3) is 0 Å². The van der Waals surface area contributed by atoms with Crippen molar-refractivity contribution in [3.05, 3.63) is 33.7 Å². The van der Waals surface area contributed by atoms with Crippen LogP contribution in [-0.4, -0.2) is 48.8 Å². The van der Waals surface area contributed by atoms with E-state index in [1.807, 2.05) is 10.6 Å². The molecule has 1 atom stereocenters. The molecule has 1 saturated heterocycles. The smallest absolute Gasteiger partial charge is 0.317 e. The lowest BCUT2D eigenvalue weighted by molar-refractivity contribution is 0.0606. The second kappa shape index (κ2) is 7.38. The normalized spacial score (nSPS) is 21.2. The third kappa shape index (κ3) is 3.80. The van der Waals surface area contributed by atoms with Gasteiger partial charge in [-0.15, -0.1) is 0 Å². The van der Waals surface area contributed by atoms with Gasteiger partial charge in [0.15, 0.2) is 0 Å². The van der Waals surface area contributed by atoms with Crippen molar-refractivity contribution in [1.82, 2.24) is 14.8 Å². The van der Waals surface area contributed by atoms with E-state index in [4.69, 9.17) is 4.74 Å². The zero-order valence-electron chi connectivity index (χ0n) is 14.6. The van der Waals surface area contributed by atoms with Crippen molar-refractivity contribution in [3.63, 3.8) is 0 Å². The van der Waals surface area contributed by atoms with E-state index in [2.05, 4.69) is 5.32 Å². The number of carbonyl (C=O) groups is 1. The molecule has 1 aromatic rings. The van der Waals surface area contributed by atoms with Crippen LogP contribution in [0.15, 0.2) is 16.9 Å². The Bertz CT molecular complexity index is 647. The summed E-state index contributed by atoms with van der Waals surface area (Å²) in [5.74, 6) is 0.522. The van der Waals surface area contributed by atoms with Crippen molar-refractivity contribution in [2.45, 2.75) is 44.7 Å². The van der Waals surface area contributed by atoms with E-state index < -0.39 is 0 Å². The maximum absolute atomic E-state index is 12.4. The zero-order valence-corrected chi connectivity index (χ0v) is 14.6. The number of hydrogen-bond donors (Lipinski definition) is 1. The lowest BCUT2D eigenvalue weighted by Crippen LogP contribution is -2.45. The van der Waals surface area contributed by atoms with E-state index in [0.717, 1.165) is 57.6 Å². The largest absolute Gasteiger partial charge is 0.381 e. The Balaban J connectivity index is 1.74. The summed E-state index contributed by atoms with van der Waals surface area (Å²) in [4.78, 5) is 25.8. The van der Waals surface area contributed by atoms with Crippen LogP contribution in [0.4, 0.5) is 4.79 Å². The molecular weight excluding hydrogens is 306 g/mol. The van der Waals surface area contributed by atoms with E-state index in [1.165, 1.54) is 5.56 Å². The summed E-state index contributed by atoms with van der Waals surface area (Å²) in [5.41, 5.74) is 2.44. The Morgan fingerprint density at radius 2 is 2.04 bits per heavy atom. The fourth-order valence-electron chi connectivity index (χ4n) is 3.64. The number of hydrogen-bond acceptors (Lipinski definition) is 3. The number of amides is 2. The Labute approximate surface area is 142 Å². The van der Waals surface area contributed by atoms with Crippen LogP contribution < -0.4 is 10.9 Å². The van der Waals surface area contributed by atoms with Gasteiger partial charge in [0.1, 0.15) is 0 Å². The lowest BCUT2D eigenvalue weighted by Gasteiger charge is -2.30. The Kier molecular flexibility index (Phi) is 5.23. The summed E-state index contributed by atoms with van der Waals surface area (Å²) in [5, 5.41) is 3.06. The topological polar surface area (TPSA) is 63.6 Å². The first-order valence-electron chi connectivity index (χ1n) is 8.81. The Hall–Kier alpha value is -1.82. The van der Waals surface area contributed by atoms with Crippen molar-refractivity contribution in [3.8, 4) is 0 Å². The first kappa shape index (κ1) is 17.0. The Morgan fingerprint density at radius 3 is 2.75 bits per heavy atom. The average Bonchev–Trinajstić information content (AvgIpc) is 2.58. The van der Waals surface area contributed by atoms with Crippen molar-refractivity contribution in [2.75, 3.05) is 27.3 Å². The summed E-state index contributed by atoms with van der Waals surface area (Å²) >= 11 is 0. The Morgan fingerprint density at radius 1 is 1.29 bits per heavy atom. The minimum absolute atomic E-state index is 0.0565. The first-order chi connectivity index (χ1) is 11.5. The predicted octanol–water partition coefficient (Wildman–Crippen LogP) is 1.40. The molecule has 0 unspecified atom stereocenters. The molecule has 0 spiro atoms. The summed E-state index contributed by atoms with van der Waals surface area (Å²) in [6.45, 7) is 2.39.